The predicted molar refractivity (Wildman–Crippen MR) is 131 cm³/mol. The van der Waals surface area contributed by atoms with Crippen molar-refractivity contribution in [2.24, 2.45) is 4.99 Å². The molecule has 1 aromatic carbocycles. The zero-order valence-corrected chi connectivity index (χ0v) is 20.7. The Hall–Kier alpha value is -2.15. The zero-order valence-electron chi connectivity index (χ0n) is 18.3. The van der Waals surface area contributed by atoms with Crippen molar-refractivity contribution >= 4 is 41.7 Å². The number of nitro benzene ring substituents is 1. The number of amides is 1. The molecular weight excluding hydrogens is 529 g/mol. The number of hydrogen-bond acceptors (Lipinski definition) is 6. The third kappa shape index (κ3) is 8.08. The Kier molecular flexibility index (Phi) is 10.9. The molecule has 1 amide bonds. The van der Waals surface area contributed by atoms with E-state index in [9.17, 15) is 14.9 Å². The van der Waals surface area contributed by atoms with Gasteiger partial charge >= 0.3 is 6.09 Å². The Morgan fingerprint density at radius 1 is 1.28 bits per heavy atom. The molecule has 11 heteroatoms. The summed E-state index contributed by atoms with van der Waals surface area (Å²) >= 11 is 0. The summed E-state index contributed by atoms with van der Waals surface area (Å²) in [6, 6.07) is 6.61. The lowest BCUT2D eigenvalue weighted by molar-refractivity contribution is -0.384. The average Bonchev–Trinajstić information content (AvgIpc) is 3.30. The number of nitrogens with one attached hydrogen (secondary N) is 2. The Bertz CT molecular complexity index is 762. The molecule has 0 spiro atoms. The molecule has 0 bridgehead atoms. The maximum atomic E-state index is 11.9. The molecule has 2 fully saturated rings. The van der Waals surface area contributed by atoms with Crippen molar-refractivity contribution in [2.45, 2.75) is 51.3 Å². The molecule has 0 aromatic heterocycles. The third-order valence-electron chi connectivity index (χ3n) is 5.45. The minimum absolute atomic E-state index is 0. The molecule has 3 rings (SSSR count). The van der Waals surface area contributed by atoms with Crippen LogP contribution in [0.4, 0.5) is 10.5 Å². The smallest absolute Gasteiger partial charge is 0.409 e. The van der Waals surface area contributed by atoms with E-state index in [0.717, 1.165) is 37.9 Å². The number of nitro groups is 1. The lowest BCUT2D eigenvalue weighted by Crippen LogP contribution is -2.50. The average molecular weight is 561 g/mol. The van der Waals surface area contributed by atoms with E-state index in [1.165, 1.54) is 12.1 Å². The van der Waals surface area contributed by atoms with Gasteiger partial charge in [0.05, 0.1) is 24.2 Å². The van der Waals surface area contributed by atoms with Crippen LogP contribution in [0.2, 0.25) is 0 Å². The number of nitrogens with zero attached hydrogens (tertiary/aromatic N) is 3. The quantitative estimate of drug-likeness (QED) is 0.173. The maximum Gasteiger partial charge on any atom is 0.409 e. The molecule has 178 valence electrons. The number of benzene rings is 1. The molecule has 2 aliphatic rings. The van der Waals surface area contributed by atoms with E-state index in [0.29, 0.717) is 38.7 Å². The van der Waals surface area contributed by atoms with Crippen LogP contribution in [0.3, 0.4) is 0 Å². The van der Waals surface area contributed by atoms with Gasteiger partial charge in [-0.3, -0.25) is 10.1 Å². The SMILES string of the molecule is CCOC(=O)N1CCC(NC(=NCc2ccc([N+](=O)[O-])cc2)NCC2CCCO2)CC1.I. The summed E-state index contributed by atoms with van der Waals surface area (Å²) in [5, 5.41) is 17.7. The van der Waals surface area contributed by atoms with Crippen LogP contribution in [0.5, 0.6) is 0 Å². The lowest BCUT2D eigenvalue weighted by Gasteiger charge is -2.32. The van der Waals surface area contributed by atoms with Crippen molar-refractivity contribution < 1.29 is 19.2 Å². The fourth-order valence-electron chi connectivity index (χ4n) is 3.68. The lowest BCUT2D eigenvalue weighted by atomic mass is 10.1. The monoisotopic (exact) mass is 561 g/mol. The first-order valence-electron chi connectivity index (χ1n) is 10.9. The predicted octanol–water partition coefficient (Wildman–Crippen LogP) is 3.05. The summed E-state index contributed by atoms with van der Waals surface area (Å²) in [6.45, 7) is 5.33. The molecule has 10 nitrogen and oxygen atoms in total. The summed E-state index contributed by atoms with van der Waals surface area (Å²) in [6.07, 6.45) is 3.62. The van der Waals surface area contributed by atoms with Gasteiger partial charge in [-0.05, 0) is 38.2 Å². The molecule has 1 aromatic rings. The highest BCUT2D eigenvalue weighted by Gasteiger charge is 2.24. The van der Waals surface area contributed by atoms with Crippen molar-refractivity contribution in [3.63, 3.8) is 0 Å². The molecule has 2 N–H and O–H groups in total. The van der Waals surface area contributed by atoms with Crippen molar-refractivity contribution in [1.29, 1.82) is 0 Å². The van der Waals surface area contributed by atoms with Gasteiger partial charge in [0.15, 0.2) is 5.96 Å². The number of rotatable bonds is 7. The van der Waals surface area contributed by atoms with E-state index in [2.05, 4.69) is 15.6 Å². The normalized spacial score (nSPS) is 19.2. The van der Waals surface area contributed by atoms with Gasteiger partial charge in [0, 0.05) is 44.4 Å². The van der Waals surface area contributed by atoms with Gasteiger partial charge in [-0.2, -0.15) is 0 Å². The topological polar surface area (TPSA) is 118 Å². The molecule has 2 saturated heterocycles. The van der Waals surface area contributed by atoms with Crippen LogP contribution in [0.25, 0.3) is 0 Å². The van der Waals surface area contributed by atoms with Gasteiger partial charge in [-0.15, -0.1) is 24.0 Å². The number of likely N-dealkylation sites (tertiary alicyclic amines) is 1. The summed E-state index contributed by atoms with van der Waals surface area (Å²) in [7, 11) is 0. The van der Waals surface area contributed by atoms with Gasteiger partial charge in [0.2, 0.25) is 0 Å². The largest absolute Gasteiger partial charge is 0.450 e. The van der Waals surface area contributed by atoms with E-state index >= 15 is 0 Å². The number of ether oxygens (including phenoxy) is 2. The van der Waals surface area contributed by atoms with E-state index in [-0.39, 0.29) is 47.9 Å². The van der Waals surface area contributed by atoms with Crippen LogP contribution in [-0.2, 0) is 16.0 Å². The molecule has 0 aliphatic carbocycles. The highest BCUT2D eigenvalue weighted by atomic mass is 127. The van der Waals surface area contributed by atoms with Gasteiger partial charge < -0.3 is 25.0 Å². The summed E-state index contributed by atoms with van der Waals surface area (Å²) < 4.78 is 10.8. The van der Waals surface area contributed by atoms with Crippen molar-refractivity contribution in [2.75, 3.05) is 32.8 Å². The molecule has 1 atom stereocenters. The van der Waals surface area contributed by atoms with Gasteiger partial charge in [0.25, 0.3) is 5.69 Å². The molecule has 32 heavy (non-hydrogen) atoms. The number of non-ortho nitro benzene ring substituents is 1. The Morgan fingerprint density at radius 3 is 2.59 bits per heavy atom. The number of guanidine groups is 1. The number of carbonyl (C=O) groups excluding carboxylic acids is 1. The fourth-order valence-corrected chi connectivity index (χ4v) is 3.68. The number of halogens is 1. The van der Waals surface area contributed by atoms with Crippen LogP contribution in [0, 0.1) is 10.1 Å². The van der Waals surface area contributed by atoms with Crippen LogP contribution in [0.1, 0.15) is 38.2 Å². The van der Waals surface area contributed by atoms with Crippen molar-refractivity contribution in [1.82, 2.24) is 15.5 Å². The first-order chi connectivity index (χ1) is 15.0. The van der Waals surface area contributed by atoms with Crippen molar-refractivity contribution in [3.8, 4) is 0 Å². The molecule has 2 heterocycles. The Morgan fingerprint density at radius 2 is 2.00 bits per heavy atom. The number of aliphatic imine (C=N–C) groups is 1. The fraction of sp³-hybridized carbons (Fsp3) is 0.619. The second kappa shape index (κ2) is 13.4. The van der Waals surface area contributed by atoms with E-state index in [1.807, 2.05) is 0 Å². The standard InChI is InChI=1S/C21H31N5O5.HI/c1-2-30-21(27)25-11-9-17(10-12-25)24-20(23-15-19-4-3-13-31-19)22-14-16-5-7-18(8-6-16)26(28)29;/h5-8,17,19H,2-4,9-15H2,1H3,(H2,22,23,24);1H. The number of carbonyl (C=O) groups is 1. The van der Waals surface area contributed by atoms with Crippen molar-refractivity contribution in [3.05, 3.63) is 39.9 Å². The van der Waals surface area contributed by atoms with Crippen LogP contribution >= 0.6 is 24.0 Å². The first-order valence-corrected chi connectivity index (χ1v) is 10.9. The minimum Gasteiger partial charge on any atom is -0.450 e. The highest BCUT2D eigenvalue weighted by molar-refractivity contribution is 14.0. The summed E-state index contributed by atoms with van der Waals surface area (Å²) in [5.41, 5.74) is 0.955. The van der Waals surface area contributed by atoms with E-state index in [1.54, 1.807) is 24.0 Å². The molecule has 0 saturated carbocycles. The summed E-state index contributed by atoms with van der Waals surface area (Å²) in [5.74, 6) is 0.684. The maximum absolute atomic E-state index is 11.9. The number of hydrogen-bond donors (Lipinski definition) is 2. The zero-order chi connectivity index (χ0) is 22.1. The first kappa shape index (κ1) is 26.1. The van der Waals surface area contributed by atoms with Crippen LogP contribution < -0.4 is 10.6 Å². The molecular formula is C21H32IN5O5. The highest BCUT2D eigenvalue weighted by Crippen LogP contribution is 2.14. The summed E-state index contributed by atoms with van der Waals surface area (Å²) in [4.78, 5) is 28.7. The van der Waals surface area contributed by atoms with Crippen LogP contribution in [0.15, 0.2) is 29.3 Å². The molecule has 2 aliphatic heterocycles. The van der Waals surface area contributed by atoms with Crippen LogP contribution in [-0.4, -0.2) is 66.9 Å². The minimum atomic E-state index is -0.411. The Labute approximate surface area is 205 Å². The van der Waals surface area contributed by atoms with Gasteiger partial charge in [0.1, 0.15) is 0 Å². The van der Waals surface area contributed by atoms with E-state index < -0.39 is 4.92 Å². The van der Waals surface area contributed by atoms with Gasteiger partial charge in [-0.25, -0.2) is 9.79 Å². The molecule has 0 radical (unpaired) electrons. The van der Waals surface area contributed by atoms with E-state index in [4.69, 9.17) is 9.47 Å². The second-order valence-corrected chi connectivity index (χ2v) is 7.71. The molecule has 1 unspecified atom stereocenters. The third-order valence-corrected chi connectivity index (χ3v) is 5.45. The second-order valence-electron chi connectivity index (χ2n) is 7.71. The number of piperidine rings is 1. The Balaban J connectivity index is 0.00000363. The van der Waals surface area contributed by atoms with Gasteiger partial charge in [-0.1, -0.05) is 12.1 Å².